The number of hydrogen-bond acceptors (Lipinski definition) is 2. The minimum absolute atomic E-state index is 0.0312. The van der Waals surface area contributed by atoms with Gasteiger partial charge in [-0.15, -0.1) is 0 Å². The van der Waals surface area contributed by atoms with Crippen LogP contribution in [-0.4, -0.2) is 18.5 Å². The number of aryl methyl sites for hydroxylation is 1. The van der Waals surface area contributed by atoms with E-state index in [2.05, 4.69) is 17.6 Å². The fourth-order valence-electron chi connectivity index (χ4n) is 2.29. The first kappa shape index (κ1) is 13.0. The molecule has 0 radical (unpaired) electrons. The molecule has 2 atom stereocenters. The summed E-state index contributed by atoms with van der Waals surface area (Å²) in [6, 6.07) is 4.25. The molecule has 0 bridgehead atoms. The van der Waals surface area contributed by atoms with Gasteiger partial charge >= 0.3 is 0 Å². The maximum atomic E-state index is 13.0. The normalized spacial score (nSPS) is 23.7. The molecule has 1 saturated heterocycles. The molecule has 2 N–H and O–H groups in total. The number of anilines is 1. The summed E-state index contributed by atoms with van der Waals surface area (Å²) < 4.78 is 13.0. The van der Waals surface area contributed by atoms with Crippen molar-refractivity contribution in [3.05, 3.63) is 29.6 Å². The van der Waals surface area contributed by atoms with Crippen molar-refractivity contribution in [3.8, 4) is 0 Å². The summed E-state index contributed by atoms with van der Waals surface area (Å²) in [4.78, 5) is 12.1. The molecule has 1 heterocycles. The fourth-order valence-corrected chi connectivity index (χ4v) is 2.29. The Hall–Kier alpha value is -1.42. The summed E-state index contributed by atoms with van der Waals surface area (Å²) in [7, 11) is 0. The highest BCUT2D eigenvalue weighted by Gasteiger charge is 2.24. The van der Waals surface area contributed by atoms with E-state index in [1.807, 2.05) is 0 Å². The zero-order valence-corrected chi connectivity index (χ0v) is 10.8. The van der Waals surface area contributed by atoms with Gasteiger partial charge < -0.3 is 10.6 Å². The molecule has 2 unspecified atom stereocenters. The summed E-state index contributed by atoms with van der Waals surface area (Å²) in [6.45, 7) is 4.82. The first-order valence-corrected chi connectivity index (χ1v) is 6.36. The maximum Gasteiger partial charge on any atom is 0.241 e. The first-order chi connectivity index (χ1) is 8.56. The monoisotopic (exact) mass is 250 g/mol. The summed E-state index contributed by atoms with van der Waals surface area (Å²) >= 11 is 0. The third kappa shape index (κ3) is 3.07. The zero-order valence-electron chi connectivity index (χ0n) is 10.8. The highest BCUT2D eigenvalue weighted by atomic mass is 19.1. The molecule has 1 amide bonds. The van der Waals surface area contributed by atoms with Crippen molar-refractivity contribution in [1.29, 1.82) is 0 Å². The van der Waals surface area contributed by atoms with Crippen molar-refractivity contribution in [1.82, 2.24) is 5.32 Å². The van der Waals surface area contributed by atoms with Crippen molar-refractivity contribution in [3.63, 3.8) is 0 Å². The van der Waals surface area contributed by atoms with Gasteiger partial charge in [0.15, 0.2) is 0 Å². The summed E-state index contributed by atoms with van der Waals surface area (Å²) in [5.41, 5.74) is 1.42. The van der Waals surface area contributed by atoms with Crippen molar-refractivity contribution < 1.29 is 9.18 Å². The van der Waals surface area contributed by atoms with Crippen LogP contribution in [0.5, 0.6) is 0 Å². The quantitative estimate of drug-likeness (QED) is 0.846. The van der Waals surface area contributed by atoms with Gasteiger partial charge in [0.1, 0.15) is 5.82 Å². The van der Waals surface area contributed by atoms with Gasteiger partial charge in [0, 0.05) is 5.69 Å². The van der Waals surface area contributed by atoms with E-state index in [0.717, 1.165) is 24.9 Å². The first-order valence-electron chi connectivity index (χ1n) is 6.36. The number of piperidine rings is 1. The van der Waals surface area contributed by atoms with Crippen LogP contribution in [-0.2, 0) is 4.79 Å². The average molecular weight is 250 g/mol. The van der Waals surface area contributed by atoms with E-state index in [0.29, 0.717) is 11.6 Å². The predicted molar refractivity (Wildman–Crippen MR) is 70.0 cm³/mol. The Morgan fingerprint density at radius 2 is 2.28 bits per heavy atom. The second kappa shape index (κ2) is 5.48. The van der Waals surface area contributed by atoms with Crippen LogP contribution in [0.1, 0.15) is 25.3 Å². The molecule has 1 fully saturated rings. The maximum absolute atomic E-state index is 13.0. The van der Waals surface area contributed by atoms with Gasteiger partial charge in [-0.2, -0.15) is 0 Å². The van der Waals surface area contributed by atoms with Crippen molar-refractivity contribution >= 4 is 11.6 Å². The molecule has 2 rings (SSSR count). The van der Waals surface area contributed by atoms with Gasteiger partial charge in [-0.05, 0) is 56.0 Å². The van der Waals surface area contributed by atoms with Crippen LogP contribution < -0.4 is 10.6 Å². The third-order valence-electron chi connectivity index (χ3n) is 3.43. The lowest BCUT2D eigenvalue weighted by molar-refractivity contribution is -0.119. The lowest BCUT2D eigenvalue weighted by Gasteiger charge is -2.27. The van der Waals surface area contributed by atoms with E-state index in [1.165, 1.54) is 12.1 Å². The third-order valence-corrected chi connectivity index (χ3v) is 3.43. The smallest absolute Gasteiger partial charge is 0.241 e. The van der Waals surface area contributed by atoms with Crippen molar-refractivity contribution in [2.45, 2.75) is 32.7 Å². The van der Waals surface area contributed by atoms with E-state index in [9.17, 15) is 9.18 Å². The van der Waals surface area contributed by atoms with Crippen LogP contribution in [0.4, 0.5) is 10.1 Å². The Labute approximate surface area is 107 Å². The Balaban J connectivity index is 2.02. The zero-order chi connectivity index (χ0) is 13.1. The number of hydrogen-bond donors (Lipinski definition) is 2. The number of benzene rings is 1. The molecule has 0 aromatic heterocycles. The lowest BCUT2D eigenvalue weighted by Crippen LogP contribution is -2.45. The highest BCUT2D eigenvalue weighted by Crippen LogP contribution is 2.19. The van der Waals surface area contributed by atoms with Gasteiger partial charge in [0.2, 0.25) is 5.91 Å². The molecule has 0 saturated carbocycles. The van der Waals surface area contributed by atoms with Gasteiger partial charge in [-0.3, -0.25) is 4.79 Å². The molecule has 1 aliphatic rings. The molecule has 4 heteroatoms. The average Bonchev–Trinajstić information content (AvgIpc) is 2.32. The predicted octanol–water partition coefficient (Wildman–Crippen LogP) is 2.46. The summed E-state index contributed by atoms with van der Waals surface area (Å²) in [5, 5.41) is 6.07. The Bertz CT molecular complexity index is 447. The Morgan fingerprint density at radius 1 is 1.50 bits per heavy atom. The molecule has 18 heavy (non-hydrogen) atoms. The molecular formula is C14H19FN2O. The number of carbonyl (C=O) groups excluding carboxylic acids is 1. The van der Waals surface area contributed by atoms with Gasteiger partial charge in [-0.25, -0.2) is 4.39 Å². The summed E-state index contributed by atoms with van der Waals surface area (Å²) in [5.74, 6) is 0.252. The van der Waals surface area contributed by atoms with Crippen LogP contribution in [0.3, 0.4) is 0 Å². The highest BCUT2D eigenvalue weighted by molar-refractivity contribution is 5.95. The van der Waals surface area contributed by atoms with E-state index < -0.39 is 0 Å². The van der Waals surface area contributed by atoms with Gasteiger partial charge in [-0.1, -0.05) is 6.92 Å². The van der Waals surface area contributed by atoms with E-state index in [-0.39, 0.29) is 17.8 Å². The molecule has 0 aliphatic carbocycles. The van der Waals surface area contributed by atoms with Crippen molar-refractivity contribution in [2.75, 3.05) is 11.9 Å². The van der Waals surface area contributed by atoms with Gasteiger partial charge in [0.25, 0.3) is 0 Å². The SMILES string of the molecule is Cc1cc(F)ccc1NC(=O)C1CC(C)CCN1. The number of halogens is 1. The van der Waals surface area contributed by atoms with E-state index in [4.69, 9.17) is 0 Å². The Kier molecular flexibility index (Phi) is 3.97. The van der Waals surface area contributed by atoms with E-state index in [1.54, 1.807) is 13.0 Å². The van der Waals surface area contributed by atoms with Gasteiger partial charge in [0.05, 0.1) is 6.04 Å². The number of rotatable bonds is 2. The molecule has 1 aromatic rings. The van der Waals surface area contributed by atoms with Crippen LogP contribution in [0.25, 0.3) is 0 Å². The van der Waals surface area contributed by atoms with Crippen LogP contribution >= 0.6 is 0 Å². The molecule has 1 aliphatic heterocycles. The topological polar surface area (TPSA) is 41.1 Å². The standard InChI is InChI=1S/C14H19FN2O/c1-9-5-6-16-13(7-9)14(18)17-12-4-3-11(15)8-10(12)2/h3-4,8-9,13,16H,5-7H2,1-2H3,(H,17,18). The number of amides is 1. The molecular weight excluding hydrogens is 231 g/mol. The Morgan fingerprint density at radius 3 is 2.94 bits per heavy atom. The lowest BCUT2D eigenvalue weighted by atomic mass is 9.94. The molecule has 98 valence electrons. The largest absolute Gasteiger partial charge is 0.324 e. The fraction of sp³-hybridized carbons (Fsp3) is 0.500. The van der Waals surface area contributed by atoms with Crippen LogP contribution in [0.15, 0.2) is 18.2 Å². The second-order valence-electron chi connectivity index (χ2n) is 5.08. The van der Waals surface area contributed by atoms with Crippen molar-refractivity contribution in [2.24, 2.45) is 5.92 Å². The van der Waals surface area contributed by atoms with E-state index >= 15 is 0 Å². The van der Waals surface area contributed by atoms with Crippen LogP contribution in [0, 0.1) is 18.7 Å². The summed E-state index contributed by atoms with van der Waals surface area (Å²) in [6.07, 6.45) is 1.96. The second-order valence-corrected chi connectivity index (χ2v) is 5.08. The van der Waals surface area contributed by atoms with Crippen LogP contribution in [0.2, 0.25) is 0 Å². The molecule has 3 nitrogen and oxygen atoms in total. The number of nitrogens with one attached hydrogen (secondary N) is 2. The minimum Gasteiger partial charge on any atom is -0.324 e. The molecule has 1 aromatic carbocycles. The minimum atomic E-state index is -0.282. The molecule has 0 spiro atoms. The number of carbonyl (C=O) groups is 1.